The molecule has 1 amide bonds. The van der Waals surface area contributed by atoms with Gasteiger partial charge in [0.05, 0.1) is 6.54 Å². The molecule has 7 heteroatoms. The number of anilines is 1. The van der Waals surface area contributed by atoms with E-state index in [2.05, 4.69) is 17.2 Å². The summed E-state index contributed by atoms with van der Waals surface area (Å²) in [4.78, 5) is 11.7. The lowest BCUT2D eigenvalue weighted by Gasteiger charge is -2.14. The number of nitrogens with zero attached hydrogens (tertiary/aromatic N) is 1. The summed E-state index contributed by atoms with van der Waals surface area (Å²) in [6.07, 6.45) is 0.844. The molecule has 0 spiro atoms. The second kappa shape index (κ2) is 10.4. The molecule has 0 aliphatic carbocycles. The highest BCUT2D eigenvalue weighted by atomic mass is 32.2. The average Bonchev–Trinajstić information content (AvgIpc) is 2.61. The Morgan fingerprint density at radius 2 is 1.69 bits per heavy atom. The molecule has 26 heavy (non-hydrogen) atoms. The van der Waals surface area contributed by atoms with E-state index in [9.17, 15) is 9.00 Å². The minimum Gasteiger partial charge on any atom is -0.448 e. The van der Waals surface area contributed by atoms with E-state index in [-0.39, 0.29) is 6.61 Å². The second-order valence-electron chi connectivity index (χ2n) is 5.28. The molecule has 2 aromatic rings. The number of nitrogens with one attached hydrogen (secondary N) is 1. The van der Waals surface area contributed by atoms with Crippen LogP contribution in [-0.4, -0.2) is 41.8 Å². The molecule has 1 atom stereocenters. The Bertz CT molecular complexity index is 798. The predicted octanol–water partition coefficient (Wildman–Crippen LogP) is 2.79. The van der Waals surface area contributed by atoms with Gasteiger partial charge >= 0.3 is 6.09 Å². The molecular formula is C19H20N2O4S. The molecule has 1 unspecified atom stereocenters. The Morgan fingerprint density at radius 3 is 2.31 bits per heavy atom. The van der Waals surface area contributed by atoms with Gasteiger partial charge < -0.3 is 4.74 Å². The van der Waals surface area contributed by atoms with Crippen molar-refractivity contribution in [2.75, 3.05) is 31.8 Å². The molecule has 0 saturated carbocycles. The van der Waals surface area contributed by atoms with Gasteiger partial charge in [0.1, 0.15) is 6.61 Å². The monoisotopic (exact) mass is 372 g/mol. The van der Waals surface area contributed by atoms with Crippen molar-refractivity contribution in [1.82, 2.24) is 5.06 Å². The molecule has 1 N–H and O–H groups in total. The standard InChI is InChI=1S/C19H20N2O4S/c1-21(25-26(2)23)14-15-24-19(22)20-18-12-10-17(11-13-18)9-8-16-6-4-3-5-7-16/h3-7,10-13H,14-15H2,1-2H3,(H,20,22). The van der Waals surface area contributed by atoms with Crippen LogP contribution in [0.1, 0.15) is 11.1 Å². The minimum atomic E-state index is -1.40. The van der Waals surface area contributed by atoms with Gasteiger partial charge in [-0.2, -0.15) is 9.35 Å². The van der Waals surface area contributed by atoms with Gasteiger partial charge in [0, 0.05) is 30.1 Å². The van der Waals surface area contributed by atoms with Crippen molar-refractivity contribution in [2.24, 2.45) is 0 Å². The van der Waals surface area contributed by atoms with Crippen molar-refractivity contribution < 1.29 is 18.0 Å². The van der Waals surface area contributed by atoms with Crippen LogP contribution in [0.5, 0.6) is 0 Å². The van der Waals surface area contributed by atoms with Gasteiger partial charge in [-0.3, -0.25) is 5.32 Å². The first kappa shape index (κ1) is 19.7. The van der Waals surface area contributed by atoms with E-state index in [4.69, 9.17) is 9.02 Å². The molecule has 0 radical (unpaired) electrons. The van der Waals surface area contributed by atoms with E-state index in [1.54, 1.807) is 19.2 Å². The fourth-order valence-electron chi connectivity index (χ4n) is 1.94. The summed E-state index contributed by atoms with van der Waals surface area (Å²) < 4.78 is 20.8. The lowest BCUT2D eigenvalue weighted by Crippen LogP contribution is -2.26. The average molecular weight is 372 g/mol. The quantitative estimate of drug-likeness (QED) is 0.624. The van der Waals surface area contributed by atoms with E-state index in [0.717, 1.165) is 11.1 Å². The second-order valence-corrected chi connectivity index (χ2v) is 6.23. The first-order chi connectivity index (χ1) is 12.5. The highest BCUT2D eigenvalue weighted by Gasteiger charge is 2.06. The number of amides is 1. The van der Waals surface area contributed by atoms with E-state index in [0.29, 0.717) is 12.2 Å². The fourth-order valence-corrected chi connectivity index (χ4v) is 2.37. The van der Waals surface area contributed by atoms with E-state index >= 15 is 0 Å². The highest BCUT2D eigenvalue weighted by molar-refractivity contribution is 7.79. The van der Waals surface area contributed by atoms with Crippen LogP contribution in [-0.2, 0) is 20.1 Å². The molecule has 0 saturated heterocycles. The lowest BCUT2D eigenvalue weighted by atomic mass is 10.2. The van der Waals surface area contributed by atoms with Crippen molar-refractivity contribution in [3.05, 3.63) is 65.7 Å². The normalized spacial score (nSPS) is 11.3. The number of hydrogen-bond acceptors (Lipinski definition) is 5. The van der Waals surface area contributed by atoms with Crippen molar-refractivity contribution in [3.8, 4) is 11.8 Å². The van der Waals surface area contributed by atoms with Crippen LogP contribution in [0.2, 0.25) is 0 Å². The van der Waals surface area contributed by atoms with Gasteiger partial charge in [-0.1, -0.05) is 30.0 Å². The van der Waals surface area contributed by atoms with Gasteiger partial charge in [0.15, 0.2) is 11.1 Å². The minimum absolute atomic E-state index is 0.111. The summed E-state index contributed by atoms with van der Waals surface area (Å²) in [6, 6.07) is 16.9. The number of hydroxylamine groups is 2. The first-order valence-corrected chi connectivity index (χ1v) is 9.35. The smallest absolute Gasteiger partial charge is 0.411 e. The molecule has 2 rings (SSSR count). The number of hydrogen-bond donors (Lipinski definition) is 1. The van der Waals surface area contributed by atoms with Crippen molar-refractivity contribution in [3.63, 3.8) is 0 Å². The summed E-state index contributed by atoms with van der Waals surface area (Å²) in [5.41, 5.74) is 2.40. The number of carbonyl (C=O) groups is 1. The summed E-state index contributed by atoms with van der Waals surface area (Å²) in [5, 5.41) is 3.98. The van der Waals surface area contributed by atoms with Crippen molar-refractivity contribution in [2.45, 2.75) is 0 Å². The molecule has 0 aliphatic rings. The van der Waals surface area contributed by atoms with Crippen LogP contribution in [0.3, 0.4) is 0 Å². The van der Waals surface area contributed by atoms with Gasteiger partial charge in [0.2, 0.25) is 0 Å². The zero-order valence-corrected chi connectivity index (χ0v) is 15.4. The number of carbonyl (C=O) groups excluding carboxylic acids is 1. The van der Waals surface area contributed by atoms with Crippen LogP contribution in [0, 0.1) is 11.8 Å². The zero-order valence-electron chi connectivity index (χ0n) is 14.6. The maximum Gasteiger partial charge on any atom is 0.411 e. The molecular weight excluding hydrogens is 352 g/mol. The summed E-state index contributed by atoms with van der Waals surface area (Å²) in [7, 11) is 1.61. The fraction of sp³-hybridized carbons (Fsp3) is 0.211. The Hall–Kier alpha value is -2.66. The third kappa shape index (κ3) is 7.49. The Kier molecular flexibility index (Phi) is 7.83. The Labute approximate surface area is 155 Å². The van der Waals surface area contributed by atoms with Crippen molar-refractivity contribution in [1.29, 1.82) is 0 Å². The largest absolute Gasteiger partial charge is 0.448 e. The third-order valence-corrected chi connectivity index (χ3v) is 3.59. The van der Waals surface area contributed by atoms with Crippen LogP contribution in [0.25, 0.3) is 0 Å². The van der Waals surface area contributed by atoms with Crippen LogP contribution >= 0.6 is 0 Å². The summed E-state index contributed by atoms with van der Waals surface area (Å²) in [5.74, 6) is 6.14. The SMILES string of the molecule is CN(CCOC(=O)Nc1ccc(C#Cc2ccccc2)cc1)OS(C)=O. The first-order valence-electron chi connectivity index (χ1n) is 7.87. The molecule has 0 bridgehead atoms. The highest BCUT2D eigenvalue weighted by Crippen LogP contribution is 2.09. The predicted molar refractivity (Wildman–Crippen MR) is 102 cm³/mol. The maximum absolute atomic E-state index is 11.7. The van der Waals surface area contributed by atoms with Gasteiger partial charge in [0.25, 0.3) is 0 Å². The number of rotatable bonds is 6. The van der Waals surface area contributed by atoms with Crippen molar-refractivity contribution >= 4 is 22.9 Å². The zero-order chi connectivity index (χ0) is 18.8. The maximum atomic E-state index is 11.7. The molecule has 0 fully saturated rings. The van der Waals surface area contributed by atoms with Crippen LogP contribution in [0.4, 0.5) is 10.5 Å². The third-order valence-electron chi connectivity index (χ3n) is 3.13. The molecule has 136 valence electrons. The van der Waals surface area contributed by atoms with E-state index < -0.39 is 17.2 Å². The molecule has 0 aromatic heterocycles. The van der Waals surface area contributed by atoms with Gasteiger partial charge in [-0.05, 0) is 36.4 Å². The molecule has 6 nitrogen and oxygen atoms in total. The number of ether oxygens (including phenoxy) is 1. The molecule has 2 aromatic carbocycles. The van der Waals surface area contributed by atoms with E-state index in [1.807, 2.05) is 42.5 Å². The lowest BCUT2D eigenvalue weighted by molar-refractivity contribution is -0.0283. The Balaban J connectivity index is 1.79. The molecule has 0 aliphatic heterocycles. The number of likely N-dealkylation sites (N-methyl/N-ethyl adjacent to an activating group) is 1. The topological polar surface area (TPSA) is 67.9 Å². The summed E-state index contributed by atoms with van der Waals surface area (Å²) in [6.45, 7) is 0.418. The molecule has 0 heterocycles. The van der Waals surface area contributed by atoms with Crippen LogP contribution < -0.4 is 5.32 Å². The van der Waals surface area contributed by atoms with E-state index in [1.165, 1.54) is 11.3 Å². The van der Waals surface area contributed by atoms with Gasteiger partial charge in [-0.25, -0.2) is 9.00 Å². The number of benzene rings is 2. The van der Waals surface area contributed by atoms with Crippen LogP contribution in [0.15, 0.2) is 54.6 Å². The summed E-state index contributed by atoms with van der Waals surface area (Å²) >= 11 is -1.40. The van der Waals surface area contributed by atoms with Gasteiger partial charge in [-0.15, -0.1) is 0 Å². The Morgan fingerprint density at radius 1 is 1.08 bits per heavy atom.